The predicted octanol–water partition coefficient (Wildman–Crippen LogP) is 10.6. The van der Waals surface area contributed by atoms with Gasteiger partial charge in [-0.3, -0.25) is 43.5 Å². The second-order valence-corrected chi connectivity index (χ2v) is 25.2. The minimum atomic E-state index is -0.421. The number of para-hydroxylation sites is 2. The highest BCUT2D eigenvalue weighted by atomic mass is 33.1. The summed E-state index contributed by atoms with van der Waals surface area (Å²) in [5, 5.41) is 8.46. The molecule has 4 heterocycles. The fraction of sp³-hybridized carbons (Fsp3) is 0.397. The van der Waals surface area contributed by atoms with Crippen molar-refractivity contribution in [2.75, 3.05) is 35.8 Å². The van der Waals surface area contributed by atoms with Crippen LogP contribution in [0.2, 0.25) is 0 Å². The first-order valence-electron chi connectivity index (χ1n) is 27.7. The molecule has 0 radical (unpaired) electrons. The van der Waals surface area contributed by atoms with Gasteiger partial charge in [0.15, 0.2) is 17.3 Å². The van der Waals surface area contributed by atoms with Gasteiger partial charge in [-0.25, -0.2) is 0 Å². The van der Waals surface area contributed by atoms with Gasteiger partial charge in [-0.1, -0.05) is 64.9 Å². The van der Waals surface area contributed by atoms with Gasteiger partial charge in [0.2, 0.25) is 17.7 Å². The molecule has 0 fully saturated rings. The van der Waals surface area contributed by atoms with Crippen LogP contribution in [0.25, 0.3) is 0 Å². The van der Waals surface area contributed by atoms with Crippen molar-refractivity contribution in [2.45, 2.75) is 140 Å². The summed E-state index contributed by atoms with van der Waals surface area (Å²) >= 11 is 0. The maximum atomic E-state index is 14.2. The second-order valence-electron chi connectivity index (χ2n) is 21.8. The molecule has 5 aromatic carbocycles. The van der Waals surface area contributed by atoms with E-state index in [4.69, 9.17) is 19.2 Å². The molecule has 0 aromatic heterocycles. The molecule has 3 atom stereocenters. The zero-order chi connectivity index (χ0) is 57.4. The molecule has 424 valence electrons. The van der Waals surface area contributed by atoms with E-state index in [0.717, 1.165) is 52.9 Å². The van der Waals surface area contributed by atoms with Gasteiger partial charge in [-0.2, -0.15) is 0 Å². The Balaban J connectivity index is 0.826. The van der Waals surface area contributed by atoms with Crippen molar-refractivity contribution >= 4 is 91.7 Å². The van der Waals surface area contributed by atoms with Crippen LogP contribution in [0.15, 0.2) is 96.0 Å². The van der Waals surface area contributed by atoms with E-state index in [2.05, 4.69) is 42.8 Å². The molecule has 5 aromatic rings. The lowest BCUT2D eigenvalue weighted by Crippen LogP contribution is -2.37. The molecule has 3 N–H and O–H groups in total. The maximum absolute atomic E-state index is 14.2. The van der Waals surface area contributed by atoms with Crippen LogP contribution in [0.4, 0.5) is 22.7 Å². The molecular formula is C63H70N6O10S2. The number of carbonyl (C=O) groups excluding carboxylic acids is 7. The molecule has 81 heavy (non-hydrogen) atoms. The van der Waals surface area contributed by atoms with Gasteiger partial charge in [-0.15, -0.1) is 0 Å². The molecule has 18 heteroatoms. The number of aryl methyl sites for hydroxylation is 2. The Labute approximate surface area is 481 Å². The minimum absolute atomic E-state index is 0.0152. The average Bonchev–Trinajstić information content (AvgIpc) is 3.74. The number of methoxy groups -OCH3 is 1. The number of hydrogen-bond acceptors (Lipinski definition) is 13. The highest BCUT2D eigenvalue weighted by Crippen LogP contribution is 2.44. The number of nitrogens with one attached hydrogen (secondary N) is 3. The van der Waals surface area contributed by atoms with E-state index < -0.39 is 11.8 Å². The van der Waals surface area contributed by atoms with Crippen LogP contribution in [0.3, 0.4) is 0 Å². The first kappa shape index (κ1) is 58.2. The van der Waals surface area contributed by atoms with E-state index in [0.29, 0.717) is 83.0 Å². The molecule has 9 rings (SSSR count). The Morgan fingerprint density at radius 2 is 1.38 bits per heavy atom. The Hall–Kier alpha value is -7.44. The smallest absolute Gasteiger partial charge is 0.261 e. The number of ketones is 2. The van der Waals surface area contributed by atoms with Gasteiger partial charge < -0.3 is 35.1 Å². The SMILES string of the molecule is CNC(=O)CCC(C)SSC(C)(C)CCC(=O)CCC(=O)NCC(=O)CCC(=O)Nc1cc(COc2cc3c(cc2C)C(=O)N2c4ccccc4C[C@H]2C=N3)cc(COc2cc3c(cc2OC)C(=O)N2c4ccccc4C[C@H]2CC3)c1. The molecule has 5 amide bonds. The molecule has 0 saturated carbocycles. The van der Waals surface area contributed by atoms with Crippen LogP contribution in [0, 0.1) is 6.92 Å². The van der Waals surface area contributed by atoms with Gasteiger partial charge in [0.25, 0.3) is 11.8 Å². The molecular weight excluding hydrogens is 1060 g/mol. The second kappa shape index (κ2) is 26.0. The molecule has 0 bridgehead atoms. The van der Waals surface area contributed by atoms with Crippen molar-refractivity contribution in [2.24, 2.45) is 4.99 Å². The number of hydrogen-bond donors (Lipinski definition) is 3. The van der Waals surface area contributed by atoms with Crippen LogP contribution in [-0.4, -0.2) is 90.1 Å². The number of ether oxygens (including phenoxy) is 3. The van der Waals surface area contributed by atoms with E-state index in [1.807, 2.05) is 83.6 Å². The van der Waals surface area contributed by atoms with E-state index in [1.54, 1.807) is 52.9 Å². The zero-order valence-corrected chi connectivity index (χ0v) is 48.4. The summed E-state index contributed by atoms with van der Waals surface area (Å²) in [6, 6.07) is 28.5. The molecule has 4 aliphatic rings. The topological polar surface area (TPSA) is 202 Å². The number of Topliss-reactive ketones (excluding diaryl/α,β-unsaturated/α-hetero) is 2. The third kappa shape index (κ3) is 14.4. The summed E-state index contributed by atoms with van der Waals surface area (Å²) in [7, 11) is 6.57. The Kier molecular flexibility index (Phi) is 18.7. The first-order valence-corrected chi connectivity index (χ1v) is 29.9. The van der Waals surface area contributed by atoms with Crippen LogP contribution in [-0.2, 0) is 56.4 Å². The minimum Gasteiger partial charge on any atom is -0.493 e. The van der Waals surface area contributed by atoms with Gasteiger partial charge in [-0.05, 0) is 135 Å². The third-order valence-electron chi connectivity index (χ3n) is 15.2. The summed E-state index contributed by atoms with van der Waals surface area (Å²) < 4.78 is 18.6. The standard InChI is InChI=1S/C63H70N6O10S2/c1-38-25-51-52(65-34-47-30-44-12-8-10-14-54(44)69(47)62(51)76)33-55(38)78-36-40-26-41(37-79-57-31-42-16-17-46-29-43-11-7-9-13-53(43)68(46)61(75)50(42)32-56(57)77-6)28-45(27-40)67-60(74)22-19-49(71)35-66-59(73)21-18-48(70)23-24-63(3,4)81-80-39(2)15-20-58(72)64-5/h7-14,25-28,31-34,39,46-47H,15-24,29-30,35-37H2,1-6H3,(H,64,72)(H,66,73)(H,67,74)/t39?,46-,47+/m1/s1. The summed E-state index contributed by atoms with van der Waals surface area (Å²) in [5.74, 6) is 0.00937. The number of nitrogens with zero attached hydrogens (tertiary/aromatic N) is 3. The molecule has 16 nitrogen and oxygen atoms in total. The van der Waals surface area contributed by atoms with E-state index in [1.165, 1.54) is 7.11 Å². The lowest BCUT2D eigenvalue weighted by molar-refractivity contribution is -0.127. The van der Waals surface area contributed by atoms with E-state index >= 15 is 0 Å². The Morgan fingerprint density at radius 3 is 2.11 bits per heavy atom. The largest absolute Gasteiger partial charge is 0.493 e. The van der Waals surface area contributed by atoms with Crippen molar-refractivity contribution < 1.29 is 47.8 Å². The maximum Gasteiger partial charge on any atom is 0.261 e. The van der Waals surface area contributed by atoms with E-state index in [-0.39, 0.29) is 96.8 Å². The van der Waals surface area contributed by atoms with Gasteiger partial charge in [0.1, 0.15) is 24.7 Å². The van der Waals surface area contributed by atoms with Crippen LogP contribution in [0.5, 0.6) is 17.2 Å². The summed E-state index contributed by atoms with van der Waals surface area (Å²) in [6.07, 6.45) is 6.69. The van der Waals surface area contributed by atoms with Crippen LogP contribution in [0.1, 0.15) is 133 Å². The summed E-state index contributed by atoms with van der Waals surface area (Å²) in [5.41, 5.74) is 9.08. The highest BCUT2D eigenvalue weighted by molar-refractivity contribution is 8.77. The third-order valence-corrected chi connectivity index (χ3v) is 19.1. The average molecular weight is 1140 g/mol. The number of aliphatic imine (C=N–C) groups is 1. The number of rotatable bonds is 25. The van der Waals surface area contributed by atoms with Crippen molar-refractivity contribution in [3.05, 3.63) is 136 Å². The fourth-order valence-corrected chi connectivity index (χ4v) is 13.3. The lowest BCUT2D eigenvalue weighted by Gasteiger charge is -2.24. The first-order chi connectivity index (χ1) is 38.9. The zero-order valence-electron chi connectivity index (χ0n) is 46.8. The predicted molar refractivity (Wildman–Crippen MR) is 319 cm³/mol. The molecule has 4 aliphatic heterocycles. The van der Waals surface area contributed by atoms with Crippen molar-refractivity contribution in [1.82, 2.24) is 10.6 Å². The quantitative estimate of drug-likeness (QED) is 0.0468. The fourth-order valence-electron chi connectivity index (χ4n) is 10.7. The highest BCUT2D eigenvalue weighted by Gasteiger charge is 2.39. The number of carbonyl (C=O) groups is 7. The Bertz CT molecular complexity index is 3290. The number of benzene rings is 5. The van der Waals surface area contributed by atoms with Crippen LogP contribution >= 0.6 is 21.6 Å². The number of anilines is 3. The monoisotopic (exact) mass is 1130 g/mol. The van der Waals surface area contributed by atoms with Crippen LogP contribution < -0.4 is 40.0 Å². The van der Waals surface area contributed by atoms with Crippen molar-refractivity contribution in [3.8, 4) is 17.2 Å². The molecule has 0 saturated heterocycles. The molecule has 0 spiro atoms. The molecule has 1 unspecified atom stereocenters. The molecule has 0 aliphatic carbocycles. The van der Waals surface area contributed by atoms with Crippen molar-refractivity contribution in [3.63, 3.8) is 0 Å². The van der Waals surface area contributed by atoms with E-state index in [9.17, 15) is 33.6 Å². The normalized spacial score (nSPS) is 16.1. The summed E-state index contributed by atoms with van der Waals surface area (Å²) in [4.78, 5) is 100. The van der Waals surface area contributed by atoms with Gasteiger partial charge in [0.05, 0.1) is 30.9 Å². The summed E-state index contributed by atoms with van der Waals surface area (Å²) in [6.45, 7) is 7.97. The van der Waals surface area contributed by atoms with Crippen molar-refractivity contribution in [1.29, 1.82) is 0 Å². The lowest BCUT2D eigenvalue weighted by atomic mass is 9.99. The number of fused-ring (bicyclic) bond motifs is 8. The Morgan fingerprint density at radius 1 is 0.716 bits per heavy atom. The van der Waals surface area contributed by atoms with Gasteiger partial charge >= 0.3 is 0 Å². The number of amides is 5. The van der Waals surface area contributed by atoms with Gasteiger partial charge in [0, 0.05) is 103 Å².